The number of hydrogen-bond donors (Lipinski definition) is 0. The van der Waals surface area contributed by atoms with E-state index >= 15 is 0 Å². The second kappa shape index (κ2) is 5.82. The molecule has 1 heterocycles. The van der Waals surface area contributed by atoms with Gasteiger partial charge in [-0.15, -0.1) is 0 Å². The fourth-order valence-corrected chi connectivity index (χ4v) is 1.51. The van der Waals surface area contributed by atoms with Gasteiger partial charge in [-0.05, 0) is 6.92 Å². The quantitative estimate of drug-likeness (QED) is 0.611. The molecular weight excluding hydrogens is 228 g/mol. The summed E-state index contributed by atoms with van der Waals surface area (Å²) < 4.78 is 6.52. The summed E-state index contributed by atoms with van der Waals surface area (Å²) in [5.41, 5.74) is 1.91. The van der Waals surface area contributed by atoms with Crippen molar-refractivity contribution in [1.82, 2.24) is 9.55 Å². The van der Waals surface area contributed by atoms with Crippen LogP contribution in [-0.2, 0) is 9.53 Å². The van der Waals surface area contributed by atoms with Gasteiger partial charge in [0, 0.05) is 24.0 Å². The zero-order chi connectivity index (χ0) is 12.8. The first kappa shape index (κ1) is 12.1. The summed E-state index contributed by atoms with van der Waals surface area (Å²) in [7, 11) is 0. The summed E-state index contributed by atoms with van der Waals surface area (Å²) in [5.74, 6) is -0.354. The fraction of sp³-hybridized carbons (Fsp3) is 0.143. The van der Waals surface area contributed by atoms with E-state index in [1.165, 1.54) is 6.08 Å². The molecule has 0 unspecified atom stereocenters. The number of hydrogen-bond acceptors (Lipinski definition) is 3. The number of imidazole rings is 1. The van der Waals surface area contributed by atoms with E-state index in [9.17, 15) is 4.79 Å². The van der Waals surface area contributed by atoms with Gasteiger partial charge in [-0.25, -0.2) is 9.78 Å². The van der Waals surface area contributed by atoms with E-state index in [2.05, 4.69) is 4.98 Å². The van der Waals surface area contributed by atoms with E-state index in [4.69, 9.17) is 4.74 Å². The molecule has 1 aromatic heterocycles. The van der Waals surface area contributed by atoms with Gasteiger partial charge in [0.05, 0.1) is 18.6 Å². The maximum absolute atomic E-state index is 11.2. The van der Waals surface area contributed by atoms with Crippen molar-refractivity contribution in [3.8, 4) is 11.3 Å². The highest BCUT2D eigenvalue weighted by molar-refractivity contribution is 5.85. The molecule has 0 aliphatic heterocycles. The molecule has 1 aromatic carbocycles. The van der Waals surface area contributed by atoms with Gasteiger partial charge in [-0.3, -0.25) is 0 Å². The SMILES string of the molecule is CCOC(=O)/C=C\n1cnc(-c2ccccc2)c1. The molecule has 18 heavy (non-hydrogen) atoms. The van der Waals surface area contributed by atoms with Gasteiger partial charge in [0.2, 0.25) is 0 Å². The zero-order valence-corrected chi connectivity index (χ0v) is 10.1. The predicted octanol–water partition coefficient (Wildman–Crippen LogP) is 2.58. The molecule has 0 saturated heterocycles. The number of carbonyl (C=O) groups excluding carboxylic acids is 1. The van der Waals surface area contributed by atoms with E-state index in [0.29, 0.717) is 6.61 Å². The Hall–Kier alpha value is -2.36. The highest BCUT2D eigenvalue weighted by Gasteiger charge is 2.00. The molecule has 0 amide bonds. The lowest BCUT2D eigenvalue weighted by molar-refractivity contribution is -0.137. The van der Waals surface area contributed by atoms with Gasteiger partial charge >= 0.3 is 5.97 Å². The Labute approximate surface area is 106 Å². The van der Waals surface area contributed by atoms with Crippen molar-refractivity contribution in [2.24, 2.45) is 0 Å². The van der Waals surface area contributed by atoms with Crippen LogP contribution >= 0.6 is 0 Å². The molecule has 0 atom stereocenters. The van der Waals surface area contributed by atoms with Crippen LogP contribution in [0.2, 0.25) is 0 Å². The van der Waals surface area contributed by atoms with Gasteiger partial charge in [-0.2, -0.15) is 0 Å². The fourth-order valence-electron chi connectivity index (χ4n) is 1.51. The molecule has 2 aromatic rings. The van der Waals surface area contributed by atoms with Crippen molar-refractivity contribution in [1.29, 1.82) is 0 Å². The van der Waals surface area contributed by atoms with Crippen LogP contribution < -0.4 is 0 Å². The van der Waals surface area contributed by atoms with E-state index in [-0.39, 0.29) is 5.97 Å². The summed E-state index contributed by atoms with van der Waals surface area (Å²) in [6, 6.07) is 9.86. The van der Waals surface area contributed by atoms with Gasteiger partial charge in [0.25, 0.3) is 0 Å². The van der Waals surface area contributed by atoms with Crippen LogP contribution in [-0.4, -0.2) is 22.1 Å². The molecular formula is C14H14N2O2. The molecule has 4 nitrogen and oxygen atoms in total. The number of benzene rings is 1. The average Bonchev–Trinajstić information content (AvgIpc) is 2.87. The molecule has 0 bridgehead atoms. The normalized spacial score (nSPS) is 10.7. The number of aromatic nitrogens is 2. The van der Waals surface area contributed by atoms with Crippen LogP contribution in [0.3, 0.4) is 0 Å². The van der Waals surface area contributed by atoms with Crippen molar-refractivity contribution in [2.45, 2.75) is 6.92 Å². The van der Waals surface area contributed by atoms with Crippen LogP contribution in [0, 0.1) is 0 Å². The number of carbonyl (C=O) groups is 1. The van der Waals surface area contributed by atoms with Crippen molar-refractivity contribution >= 4 is 12.2 Å². The summed E-state index contributed by atoms with van der Waals surface area (Å²) in [4.78, 5) is 15.4. The largest absolute Gasteiger partial charge is 0.463 e. The Bertz CT molecular complexity index is 544. The monoisotopic (exact) mass is 242 g/mol. The van der Waals surface area contributed by atoms with E-state index < -0.39 is 0 Å². The Morgan fingerprint density at radius 1 is 1.39 bits per heavy atom. The highest BCUT2D eigenvalue weighted by atomic mass is 16.5. The van der Waals surface area contributed by atoms with Crippen molar-refractivity contribution < 1.29 is 9.53 Å². The second-order valence-electron chi connectivity index (χ2n) is 3.64. The summed E-state index contributed by atoms with van der Waals surface area (Å²) >= 11 is 0. The average molecular weight is 242 g/mol. The van der Waals surface area contributed by atoms with Crippen LogP contribution in [0.4, 0.5) is 0 Å². The molecule has 0 N–H and O–H groups in total. The van der Waals surface area contributed by atoms with E-state index in [1.807, 2.05) is 36.5 Å². The van der Waals surface area contributed by atoms with Crippen molar-refractivity contribution in [2.75, 3.05) is 6.61 Å². The first-order valence-corrected chi connectivity index (χ1v) is 5.73. The number of nitrogens with zero attached hydrogens (tertiary/aromatic N) is 2. The minimum absolute atomic E-state index is 0.354. The Morgan fingerprint density at radius 2 is 2.17 bits per heavy atom. The lowest BCUT2D eigenvalue weighted by Gasteiger charge is -1.95. The first-order chi connectivity index (χ1) is 8.79. The van der Waals surface area contributed by atoms with Crippen molar-refractivity contribution in [3.05, 3.63) is 48.9 Å². The minimum Gasteiger partial charge on any atom is -0.463 e. The van der Waals surface area contributed by atoms with Crippen LogP contribution in [0.25, 0.3) is 17.5 Å². The molecule has 0 saturated carbocycles. The van der Waals surface area contributed by atoms with Crippen molar-refractivity contribution in [3.63, 3.8) is 0 Å². The Balaban J connectivity index is 2.09. The van der Waals surface area contributed by atoms with Gasteiger partial charge in [0.1, 0.15) is 0 Å². The van der Waals surface area contributed by atoms with Crippen LogP contribution in [0.5, 0.6) is 0 Å². The number of ether oxygens (including phenoxy) is 1. The predicted molar refractivity (Wildman–Crippen MR) is 69.6 cm³/mol. The third-order valence-electron chi connectivity index (χ3n) is 2.34. The van der Waals surface area contributed by atoms with E-state index in [0.717, 1.165) is 11.3 Å². The zero-order valence-electron chi connectivity index (χ0n) is 10.1. The smallest absolute Gasteiger partial charge is 0.332 e. The summed E-state index contributed by atoms with van der Waals surface area (Å²) in [5, 5.41) is 0. The number of esters is 1. The summed E-state index contributed by atoms with van der Waals surface area (Å²) in [6.45, 7) is 2.15. The molecule has 4 heteroatoms. The van der Waals surface area contributed by atoms with Crippen LogP contribution in [0.1, 0.15) is 6.92 Å². The third kappa shape index (κ3) is 3.07. The molecule has 0 radical (unpaired) electrons. The molecule has 0 aliphatic carbocycles. The molecule has 92 valence electrons. The second-order valence-corrected chi connectivity index (χ2v) is 3.64. The first-order valence-electron chi connectivity index (χ1n) is 5.73. The third-order valence-corrected chi connectivity index (χ3v) is 2.34. The lowest BCUT2D eigenvalue weighted by atomic mass is 10.2. The standard InChI is InChI=1S/C14H14N2O2/c1-2-18-14(17)8-9-16-10-13(15-11-16)12-6-4-3-5-7-12/h3-11H,2H2,1H3/b9-8-. The Kier molecular flexibility index (Phi) is 3.91. The highest BCUT2D eigenvalue weighted by Crippen LogP contribution is 2.15. The maximum Gasteiger partial charge on any atom is 0.332 e. The topological polar surface area (TPSA) is 44.1 Å². The maximum atomic E-state index is 11.2. The van der Waals surface area contributed by atoms with Crippen LogP contribution in [0.15, 0.2) is 48.9 Å². The van der Waals surface area contributed by atoms with E-state index in [1.54, 1.807) is 24.0 Å². The lowest BCUT2D eigenvalue weighted by Crippen LogP contribution is -1.99. The Morgan fingerprint density at radius 3 is 2.89 bits per heavy atom. The molecule has 2 rings (SSSR count). The number of rotatable bonds is 4. The van der Waals surface area contributed by atoms with Gasteiger partial charge in [0.15, 0.2) is 0 Å². The van der Waals surface area contributed by atoms with Gasteiger partial charge < -0.3 is 9.30 Å². The molecule has 0 fully saturated rings. The molecule has 0 spiro atoms. The van der Waals surface area contributed by atoms with Gasteiger partial charge in [-0.1, -0.05) is 30.3 Å². The molecule has 0 aliphatic rings. The summed E-state index contributed by atoms with van der Waals surface area (Å²) in [6.07, 6.45) is 6.50. The minimum atomic E-state index is -0.354.